The van der Waals surface area contributed by atoms with Crippen LogP contribution in [0.5, 0.6) is 0 Å². The molecule has 0 fully saturated rings. The lowest BCUT2D eigenvalue weighted by atomic mass is 10.4. The van der Waals surface area contributed by atoms with Crippen LogP contribution in [-0.4, -0.2) is 59.0 Å². The molecule has 12 heavy (non-hydrogen) atoms. The fourth-order valence-electron chi connectivity index (χ4n) is 0.813. The fourth-order valence-corrected chi connectivity index (χ4v) is 0.813. The molecular weight excluding hydrogens is 162 g/mol. The fraction of sp³-hybridized carbons (Fsp3) is 0.833. The number of aliphatic hydroxyl groups is 2. The molecular formula is C6H15N3O3. The first-order valence-electron chi connectivity index (χ1n) is 3.65. The molecule has 0 saturated heterocycles. The molecule has 0 saturated carbocycles. The van der Waals surface area contributed by atoms with Crippen molar-refractivity contribution in [2.45, 2.75) is 0 Å². The minimum Gasteiger partial charge on any atom is -0.409 e. The van der Waals surface area contributed by atoms with Gasteiger partial charge in [-0.25, -0.2) is 0 Å². The minimum atomic E-state index is -0.0152. The van der Waals surface area contributed by atoms with Gasteiger partial charge < -0.3 is 21.2 Å². The van der Waals surface area contributed by atoms with Crippen LogP contribution in [-0.2, 0) is 0 Å². The Kier molecular flexibility index (Phi) is 6.35. The highest BCUT2D eigenvalue weighted by molar-refractivity contribution is 5.81. The van der Waals surface area contributed by atoms with Gasteiger partial charge in [-0.2, -0.15) is 0 Å². The van der Waals surface area contributed by atoms with E-state index in [1.165, 1.54) is 0 Å². The third-order valence-electron chi connectivity index (χ3n) is 1.35. The van der Waals surface area contributed by atoms with Gasteiger partial charge in [-0.1, -0.05) is 5.16 Å². The van der Waals surface area contributed by atoms with Gasteiger partial charge in [-0.3, -0.25) is 4.90 Å². The van der Waals surface area contributed by atoms with E-state index in [2.05, 4.69) is 5.16 Å². The molecule has 0 unspecified atom stereocenters. The van der Waals surface area contributed by atoms with Gasteiger partial charge in [-0.05, 0) is 0 Å². The Bertz CT molecular complexity index is 134. The number of nitrogens with two attached hydrogens (primary N) is 1. The van der Waals surface area contributed by atoms with Crippen LogP contribution in [0.3, 0.4) is 0 Å². The SMILES string of the molecule is NC(CN(CCO)CCO)=NO. The van der Waals surface area contributed by atoms with Gasteiger partial charge in [0.1, 0.15) is 0 Å². The molecule has 72 valence electrons. The molecule has 5 N–H and O–H groups in total. The lowest BCUT2D eigenvalue weighted by Crippen LogP contribution is -2.37. The van der Waals surface area contributed by atoms with Gasteiger partial charge in [0.15, 0.2) is 5.84 Å². The van der Waals surface area contributed by atoms with Crippen molar-refractivity contribution in [3.8, 4) is 0 Å². The predicted molar refractivity (Wildman–Crippen MR) is 44.0 cm³/mol. The lowest BCUT2D eigenvalue weighted by molar-refractivity contribution is 0.174. The molecule has 6 heteroatoms. The van der Waals surface area contributed by atoms with Crippen molar-refractivity contribution < 1.29 is 15.4 Å². The highest BCUT2D eigenvalue weighted by Gasteiger charge is 2.05. The van der Waals surface area contributed by atoms with Crippen molar-refractivity contribution in [2.75, 3.05) is 32.8 Å². The highest BCUT2D eigenvalue weighted by Crippen LogP contribution is 1.85. The standard InChI is InChI=1S/C6H15N3O3/c7-6(8-12)5-9(1-3-10)2-4-11/h10-12H,1-5H2,(H2,7,8). The molecule has 0 radical (unpaired) electrons. The summed E-state index contributed by atoms with van der Waals surface area (Å²) in [5, 5.41) is 28.2. The van der Waals surface area contributed by atoms with Crippen LogP contribution in [0, 0.1) is 0 Å². The molecule has 0 bridgehead atoms. The first-order valence-corrected chi connectivity index (χ1v) is 3.65. The van der Waals surface area contributed by atoms with Gasteiger partial charge in [0.25, 0.3) is 0 Å². The largest absolute Gasteiger partial charge is 0.409 e. The summed E-state index contributed by atoms with van der Waals surface area (Å²) in [6.07, 6.45) is 0. The van der Waals surface area contributed by atoms with E-state index in [4.69, 9.17) is 21.2 Å². The first kappa shape index (κ1) is 11.2. The Morgan fingerprint density at radius 3 is 2.08 bits per heavy atom. The van der Waals surface area contributed by atoms with Crippen LogP contribution < -0.4 is 5.73 Å². The molecule has 0 aliphatic heterocycles. The second-order valence-corrected chi connectivity index (χ2v) is 2.31. The minimum absolute atomic E-state index is 0.0152. The van der Waals surface area contributed by atoms with Gasteiger partial charge in [0, 0.05) is 13.1 Å². The van der Waals surface area contributed by atoms with Gasteiger partial charge in [0.05, 0.1) is 19.8 Å². The maximum Gasteiger partial charge on any atom is 0.153 e. The van der Waals surface area contributed by atoms with E-state index in [1.54, 1.807) is 4.90 Å². The molecule has 0 aromatic carbocycles. The van der Waals surface area contributed by atoms with Crippen LogP contribution >= 0.6 is 0 Å². The van der Waals surface area contributed by atoms with E-state index in [9.17, 15) is 0 Å². The Hall–Kier alpha value is -0.850. The zero-order valence-corrected chi connectivity index (χ0v) is 6.85. The summed E-state index contributed by atoms with van der Waals surface area (Å²) in [7, 11) is 0. The number of nitrogens with zero attached hydrogens (tertiary/aromatic N) is 2. The molecule has 0 aliphatic carbocycles. The Balaban J connectivity index is 3.77. The zero-order valence-electron chi connectivity index (χ0n) is 6.85. The Morgan fingerprint density at radius 2 is 1.75 bits per heavy atom. The van der Waals surface area contributed by atoms with E-state index in [1.807, 2.05) is 0 Å². The van der Waals surface area contributed by atoms with E-state index in [0.717, 1.165) is 0 Å². The monoisotopic (exact) mass is 177 g/mol. The van der Waals surface area contributed by atoms with Crippen molar-refractivity contribution in [1.82, 2.24) is 4.90 Å². The topological polar surface area (TPSA) is 102 Å². The zero-order chi connectivity index (χ0) is 9.40. The molecule has 0 spiro atoms. The van der Waals surface area contributed by atoms with Crippen LogP contribution in [0.25, 0.3) is 0 Å². The summed E-state index contributed by atoms with van der Waals surface area (Å²) in [5.41, 5.74) is 5.23. The van der Waals surface area contributed by atoms with Crippen LogP contribution in [0.2, 0.25) is 0 Å². The molecule has 0 amide bonds. The van der Waals surface area contributed by atoms with Crippen LogP contribution in [0.15, 0.2) is 5.16 Å². The normalized spacial score (nSPS) is 12.4. The van der Waals surface area contributed by atoms with Crippen molar-refractivity contribution in [3.63, 3.8) is 0 Å². The third-order valence-corrected chi connectivity index (χ3v) is 1.35. The van der Waals surface area contributed by atoms with Gasteiger partial charge in [0.2, 0.25) is 0 Å². The molecule has 0 aromatic rings. The van der Waals surface area contributed by atoms with Crippen molar-refractivity contribution >= 4 is 5.84 Å². The predicted octanol–water partition coefficient (Wildman–Crippen LogP) is -1.98. The molecule has 0 heterocycles. The second-order valence-electron chi connectivity index (χ2n) is 2.31. The summed E-state index contributed by atoms with van der Waals surface area (Å²) in [4.78, 5) is 1.68. The first-order chi connectivity index (χ1) is 5.74. The summed E-state index contributed by atoms with van der Waals surface area (Å²) in [6.45, 7) is 1.02. The maximum absolute atomic E-state index is 8.58. The van der Waals surface area contributed by atoms with Crippen molar-refractivity contribution in [1.29, 1.82) is 0 Å². The van der Waals surface area contributed by atoms with E-state index in [-0.39, 0.29) is 25.6 Å². The summed E-state index contributed by atoms with van der Waals surface area (Å²) in [5.74, 6) is 0.0666. The summed E-state index contributed by atoms with van der Waals surface area (Å²) in [6, 6.07) is 0. The number of amidine groups is 1. The van der Waals surface area contributed by atoms with E-state index in [0.29, 0.717) is 13.1 Å². The van der Waals surface area contributed by atoms with Crippen molar-refractivity contribution in [2.24, 2.45) is 10.9 Å². The van der Waals surface area contributed by atoms with E-state index < -0.39 is 0 Å². The second kappa shape index (κ2) is 6.84. The number of hydrogen-bond donors (Lipinski definition) is 4. The molecule has 6 nitrogen and oxygen atoms in total. The molecule has 0 rings (SSSR count). The third kappa shape index (κ3) is 4.89. The smallest absolute Gasteiger partial charge is 0.153 e. The number of oxime groups is 1. The Morgan fingerprint density at radius 1 is 1.25 bits per heavy atom. The van der Waals surface area contributed by atoms with Crippen LogP contribution in [0.4, 0.5) is 0 Å². The highest BCUT2D eigenvalue weighted by atomic mass is 16.4. The molecule has 0 aliphatic rings. The summed E-state index contributed by atoms with van der Waals surface area (Å²) >= 11 is 0. The quantitative estimate of drug-likeness (QED) is 0.163. The summed E-state index contributed by atoms with van der Waals surface area (Å²) < 4.78 is 0. The van der Waals surface area contributed by atoms with Crippen molar-refractivity contribution in [3.05, 3.63) is 0 Å². The average Bonchev–Trinajstić information content (AvgIpc) is 2.05. The van der Waals surface area contributed by atoms with E-state index >= 15 is 0 Å². The lowest BCUT2D eigenvalue weighted by Gasteiger charge is -2.18. The number of rotatable bonds is 6. The molecule has 0 aromatic heterocycles. The van der Waals surface area contributed by atoms with Crippen LogP contribution in [0.1, 0.15) is 0 Å². The van der Waals surface area contributed by atoms with Gasteiger partial charge in [-0.15, -0.1) is 0 Å². The Labute approximate surface area is 70.9 Å². The average molecular weight is 177 g/mol. The van der Waals surface area contributed by atoms with Gasteiger partial charge >= 0.3 is 0 Å². The molecule has 0 atom stereocenters. The maximum atomic E-state index is 8.58. The number of aliphatic hydroxyl groups excluding tert-OH is 2. The number of hydrogen-bond acceptors (Lipinski definition) is 5.